The Hall–Kier alpha value is -4.10. The topological polar surface area (TPSA) is 168 Å². The van der Waals surface area contributed by atoms with Crippen LogP contribution in [-0.2, 0) is 55.2 Å². The van der Waals surface area contributed by atoms with Crippen LogP contribution in [0.3, 0.4) is 0 Å². The van der Waals surface area contributed by atoms with E-state index in [4.69, 9.17) is 78.7 Å². The van der Waals surface area contributed by atoms with Crippen molar-refractivity contribution in [1.82, 2.24) is 14.3 Å². The van der Waals surface area contributed by atoms with Crippen molar-refractivity contribution in [3.63, 3.8) is 0 Å². The Labute approximate surface area is 495 Å². The van der Waals surface area contributed by atoms with Crippen molar-refractivity contribution in [2.75, 3.05) is 35.4 Å². The standard InChI is InChI=1S/C57H87N9O7P4S3/c1-14-17-20-22-41-57(8,76(80)66(11)61-43-46-23-31-51(32-24-46)71-55(6,62-63-58)39-21-18-15-2)73-53-35-27-48(28-36-53)44-60-65(10)75(79)56(7,40-19-16-3)72-52-33-25-47(26-34-52)42-59-64(9)74(78)54(4,5)70-50-37-29-49(30-38-50)45-77(67,68-12)69-13/h23-38,42-44,74-76H,14-22,39-41,45H2,1-13H3/b59-42+,60-44+,61-43+. The van der Waals surface area contributed by atoms with Gasteiger partial charge in [-0.15, -0.1) is 0 Å². The van der Waals surface area contributed by atoms with E-state index in [1.165, 1.54) is 14.2 Å². The summed E-state index contributed by atoms with van der Waals surface area (Å²) < 4.78 is 54.5. The fraction of sp³-hybridized carbons (Fsp3) is 0.526. The van der Waals surface area contributed by atoms with Crippen LogP contribution in [0, 0.1) is 0 Å². The molecule has 0 saturated heterocycles. The smallest absolute Gasteiger partial charge is 0.334 e. The largest absolute Gasteiger partial charge is 0.481 e. The third-order valence-corrected chi connectivity index (χ3v) is 27.4. The molecule has 0 bridgehead atoms. The summed E-state index contributed by atoms with van der Waals surface area (Å²) >= 11 is 18.6. The van der Waals surface area contributed by atoms with Crippen LogP contribution in [0.5, 0.6) is 23.0 Å². The molecule has 0 aliphatic carbocycles. The molecule has 4 rings (SSSR count). The van der Waals surface area contributed by atoms with E-state index in [0.717, 1.165) is 104 Å². The zero-order valence-electron chi connectivity index (χ0n) is 49.2. The van der Waals surface area contributed by atoms with Crippen molar-refractivity contribution >= 4 is 82.2 Å². The molecular formula is C57H87N9O7P4S3. The first-order valence-electron chi connectivity index (χ1n) is 27.4. The minimum Gasteiger partial charge on any atom is -0.481 e. The molecule has 0 saturated carbocycles. The number of benzene rings is 4. The second kappa shape index (κ2) is 33.3. The van der Waals surface area contributed by atoms with Gasteiger partial charge in [-0.3, -0.25) is 18.9 Å². The molecule has 0 heterocycles. The number of hydrogen-bond acceptors (Lipinski definition) is 14. The van der Waals surface area contributed by atoms with Gasteiger partial charge >= 0.3 is 7.60 Å². The van der Waals surface area contributed by atoms with Crippen molar-refractivity contribution < 1.29 is 32.6 Å². The van der Waals surface area contributed by atoms with Gasteiger partial charge in [0.15, 0.2) is 5.72 Å². The molecule has 0 aliphatic heterocycles. The molecule has 0 amide bonds. The lowest BCUT2D eigenvalue weighted by Crippen LogP contribution is -2.31. The Kier molecular flexibility index (Phi) is 28.4. The third kappa shape index (κ3) is 21.9. The molecule has 0 radical (unpaired) electrons. The van der Waals surface area contributed by atoms with E-state index in [2.05, 4.69) is 44.6 Å². The molecule has 80 heavy (non-hydrogen) atoms. The zero-order valence-corrected chi connectivity index (χ0v) is 55.6. The number of nitrogens with zero attached hydrogens (tertiary/aromatic N) is 9. The zero-order chi connectivity index (χ0) is 59.0. The molecule has 16 nitrogen and oxygen atoms in total. The summed E-state index contributed by atoms with van der Waals surface area (Å²) in [5.74, 6) is 2.73. The first-order chi connectivity index (χ1) is 38.0. The average Bonchev–Trinajstić information content (AvgIpc) is 3.50. The SMILES string of the molecule is CCCCCCC(C)(Oc1ccc(/C=N/N(C)[PH](=S)C(C)(CCCC)Oc2ccc(/C=N/N(C)[PH](=S)C(C)(C)Oc3ccc(CP(=O)(OC)OC)cc3)cc2)cc1)[PH](=S)N(C)/N=C/c1ccc(OC(C)(CCCCC)N=[N+]=[N-])cc1. The van der Waals surface area contributed by atoms with Gasteiger partial charge in [0.05, 0.1) is 45.3 Å². The molecule has 0 aliphatic rings. The summed E-state index contributed by atoms with van der Waals surface area (Å²) in [6.07, 6.45) is 17.2. The van der Waals surface area contributed by atoms with Crippen LogP contribution >= 0.6 is 28.1 Å². The molecule has 4 aromatic rings. The van der Waals surface area contributed by atoms with Gasteiger partial charge in [0.2, 0.25) is 0 Å². The number of unbranched alkanes of at least 4 members (excludes halogenated alkanes) is 6. The van der Waals surface area contributed by atoms with Gasteiger partial charge in [0.25, 0.3) is 0 Å². The monoisotopic (exact) mass is 1230 g/mol. The summed E-state index contributed by atoms with van der Waals surface area (Å²) in [5, 5.41) is 16.4. The molecule has 4 aromatic carbocycles. The summed E-state index contributed by atoms with van der Waals surface area (Å²) in [6.45, 7) is 11.2. The number of hydrazone groups is 3. The summed E-state index contributed by atoms with van der Waals surface area (Å²) in [4.78, 5) is 3.04. The van der Waals surface area contributed by atoms with Crippen LogP contribution in [0.15, 0.2) is 117 Å². The molecule has 0 N–H and O–H groups in total. The second-order valence-corrected chi connectivity index (χ2v) is 33.7. The Morgan fingerprint density at radius 2 is 0.887 bits per heavy atom. The van der Waals surface area contributed by atoms with Gasteiger partial charge in [-0.05, 0) is 191 Å². The summed E-state index contributed by atoms with van der Waals surface area (Å²) in [7, 11) is 5.31. The molecule has 6 atom stereocenters. The van der Waals surface area contributed by atoms with Gasteiger partial charge in [0.1, 0.15) is 39.0 Å². The van der Waals surface area contributed by atoms with Gasteiger partial charge < -0.3 is 28.0 Å². The minimum absolute atomic E-state index is 0.163. The molecule has 440 valence electrons. The van der Waals surface area contributed by atoms with E-state index in [1.807, 2.05) is 160 Å². The highest BCUT2D eigenvalue weighted by Crippen LogP contribution is 2.51. The molecular weight excluding hydrogens is 1140 g/mol. The number of azide groups is 1. The van der Waals surface area contributed by atoms with E-state index >= 15 is 0 Å². The van der Waals surface area contributed by atoms with Crippen LogP contribution in [0.2, 0.25) is 0 Å². The van der Waals surface area contributed by atoms with E-state index in [9.17, 15) is 10.1 Å². The van der Waals surface area contributed by atoms with Gasteiger partial charge in [-0.25, -0.2) is 0 Å². The predicted molar refractivity (Wildman–Crippen MR) is 348 cm³/mol. The maximum atomic E-state index is 12.6. The minimum atomic E-state index is -3.18. The number of ether oxygens (including phenoxy) is 4. The Morgan fingerprint density at radius 3 is 1.30 bits per heavy atom. The number of hydrogen-bond donors (Lipinski definition) is 0. The van der Waals surface area contributed by atoms with E-state index in [1.54, 1.807) is 12.4 Å². The third-order valence-electron chi connectivity index (χ3n) is 13.4. The van der Waals surface area contributed by atoms with E-state index < -0.39 is 49.9 Å². The van der Waals surface area contributed by atoms with Crippen LogP contribution in [-0.4, -0.2) is 90.1 Å². The average molecular weight is 1230 g/mol. The lowest BCUT2D eigenvalue weighted by Gasteiger charge is -2.35. The Morgan fingerprint density at radius 1 is 0.525 bits per heavy atom. The fourth-order valence-electron chi connectivity index (χ4n) is 8.49. The molecule has 0 fully saturated rings. The Bertz CT molecular complexity index is 2800. The van der Waals surface area contributed by atoms with Crippen molar-refractivity contribution in [3.05, 3.63) is 130 Å². The quantitative estimate of drug-likeness (QED) is 0.00796. The predicted octanol–water partition coefficient (Wildman–Crippen LogP) is 16.8. The molecule has 6 unspecified atom stereocenters. The molecule has 0 spiro atoms. The second-order valence-electron chi connectivity index (χ2n) is 20.8. The van der Waals surface area contributed by atoms with E-state index in [-0.39, 0.29) is 6.16 Å². The van der Waals surface area contributed by atoms with Crippen LogP contribution in [0.25, 0.3) is 10.4 Å². The van der Waals surface area contributed by atoms with Gasteiger partial charge in [0, 0.05) is 40.3 Å². The number of rotatable bonds is 37. The van der Waals surface area contributed by atoms with Crippen molar-refractivity contribution in [1.29, 1.82) is 0 Å². The summed E-state index contributed by atoms with van der Waals surface area (Å²) in [6, 6.07) is 30.8. The van der Waals surface area contributed by atoms with Crippen molar-refractivity contribution in [2.45, 2.75) is 160 Å². The normalized spacial score (nSPS) is 15.5. The lowest BCUT2D eigenvalue weighted by atomic mass is 10.1. The highest BCUT2D eigenvalue weighted by Gasteiger charge is 2.35. The highest BCUT2D eigenvalue weighted by atomic mass is 32.4. The van der Waals surface area contributed by atoms with Gasteiger partial charge in [-0.1, -0.05) is 107 Å². The van der Waals surface area contributed by atoms with Gasteiger partial charge in [-0.2, -0.15) is 15.3 Å². The summed E-state index contributed by atoms with van der Waals surface area (Å²) in [5.41, 5.74) is 11.7. The fourth-order valence-corrected chi connectivity index (χ4v) is 15.0. The molecule has 23 heteroatoms. The maximum absolute atomic E-state index is 12.6. The van der Waals surface area contributed by atoms with E-state index in [0.29, 0.717) is 17.9 Å². The first-order valence-corrected chi connectivity index (χ1v) is 36.8. The highest BCUT2D eigenvalue weighted by molar-refractivity contribution is 8.05. The van der Waals surface area contributed by atoms with Crippen LogP contribution < -0.4 is 18.9 Å². The molecule has 0 aromatic heterocycles. The Balaban J connectivity index is 1.38. The van der Waals surface area contributed by atoms with Crippen molar-refractivity contribution in [2.24, 2.45) is 20.4 Å². The van der Waals surface area contributed by atoms with Crippen LogP contribution in [0.1, 0.15) is 155 Å². The maximum Gasteiger partial charge on any atom is 0.334 e. The van der Waals surface area contributed by atoms with Crippen LogP contribution in [0.4, 0.5) is 0 Å². The van der Waals surface area contributed by atoms with Crippen molar-refractivity contribution in [3.8, 4) is 23.0 Å². The first kappa shape index (κ1) is 68.4. The lowest BCUT2D eigenvalue weighted by molar-refractivity contribution is 0.0835.